The van der Waals surface area contributed by atoms with E-state index in [0.717, 1.165) is 24.9 Å². The maximum absolute atomic E-state index is 6.05. The molecule has 2 rings (SSSR count). The van der Waals surface area contributed by atoms with Crippen LogP contribution in [-0.4, -0.2) is 29.5 Å². The molecule has 1 aromatic heterocycles. The van der Waals surface area contributed by atoms with Crippen molar-refractivity contribution in [3.05, 3.63) is 30.1 Å². The summed E-state index contributed by atoms with van der Waals surface area (Å²) in [7, 11) is 2.20. The first kappa shape index (κ1) is 14.5. The van der Waals surface area contributed by atoms with Crippen LogP contribution in [0.5, 0.6) is 0 Å². The van der Waals surface area contributed by atoms with Crippen molar-refractivity contribution >= 4 is 0 Å². The zero-order valence-corrected chi connectivity index (χ0v) is 12.3. The van der Waals surface area contributed by atoms with Crippen molar-refractivity contribution in [1.29, 1.82) is 0 Å². The molecule has 0 spiro atoms. The van der Waals surface area contributed by atoms with Crippen LogP contribution >= 0.6 is 0 Å². The van der Waals surface area contributed by atoms with Gasteiger partial charge in [0.05, 0.1) is 0 Å². The number of nitrogens with zero attached hydrogens (tertiary/aromatic N) is 2. The van der Waals surface area contributed by atoms with Gasteiger partial charge in [-0.05, 0) is 43.4 Å². The molecule has 106 valence electrons. The van der Waals surface area contributed by atoms with Gasteiger partial charge in [-0.1, -0.05) is 25.8 Å². The van der Waals surface area contributed by atoms with Gasteiger partial charge in [0.2, 0.25) is 0 Å². The van der Waals surface area contributed by atoms with E-state index in [1.165, 1.54) is 31.2 Å². The number of nitrogens with two attached hydrogens (primary N) is 1. The van der Waals surface area contributed by atoms with Crippen molar-refractivity contribution in [2.75, 3.05) is 13.6 Å². The highest BCUT2D eigenvalue weighted by molar-refractivity contribution is 5.08. The molecule has 3 nitrogen and oxygen atoms in total. The van der Waals surface area contributed by atoms with E-state index in [9.17, 15) is 0 Å². The minimum absolute atomic E-state index is 0.503. The molecule has 3 atom stereocenters. The van der Waals surface area contributed by atoms with Crippen molar-refractivity contribution in [1.82, 2.24) is 9.88 Å². The van der Waals surface area contributed by atoms with E-state index < -0.39 is 0 Å². The number of aromatic nitrogens is 1. The summed E-state index contributed by atoms with van der Waals surface area (Å²) in [4.78, 5) is 6.61. The lowest BCUT2D eigenvalue weighted by Gasteiger charge is -2.38. The smallest absolute Gasteiger partial charge is 0.0312 e. The second-order valence-corrected chi connectivity index (χ2v) is 6.11. The minimum Gasteiger partial charge on any atom is -0.329 e. The van der Waals surface area contributed by atoms with Crippen LogP contribution in [0.3, 0.4) is 0 Å². The van der Waals surface area contributed by atoms with Crippen LogP contribution in [0.25, 0.3) is 0 Å². The largest absolute Gasteiger partial charge is 0.329 e. The summed E-state index contributed by atoms with van der Waals surface area (Å²) in [6, 6.07) is 4.65. The van der Waals surface area contributed by atoms with Crippen LogP contribution in [0.15, 0.2) is 24.5 Å². The number of hydrogen-bond donors (Lipinski definition) is 1. The third-order valence-electron chi connectivity index (χ3n) is 4.48. The number of hydrogen-bond acceptors (Lipinski definition) is 3. The Morgan fingerprint density at radius 3 is 2.95 bits per heavy atom. The molecule has 1 aliphatic rings. The summed E-state index contributed by atoms with van der Waals surface area (Å²) in [5.41, 5.74) is 7.32. The SMILES string of the molecule is CC1CCCC(C(CN)N(C)Cc2cccnc2)C1. The van der Waals surface area contributed by atoms with Crippen LogP contribution in [0, 0.1) is 11.8 Å². The third-order valence-corrected chi connectivity index (χ3v) is 4.48. The van der Waals surface area contributed by atoms with Gasteiger partial charge in [0.1, 0.15) is 0 Å². The van der Waals surface area contributed by atoms with Gasteiger partial charge >= 0.3 is 0 Å². The molecule has 0 bridgehead atoms. The standard InChI is InChI=1S/C16H27N3/c1-13-5-3-7-15(9-13)16(10-17)19(2)12-14-6-4-8-18-11-14/h4,6,8,11,13,15-16H,3,5,7,9-10,12,17H2,1-2H3. The number of pyridine rings is 1. The molecule has 2 N–H and O–H groups in total. The van der Waals surface area contributed by atoms with Gasteiger partial charge in [-0.2, -0.15) is 0 Å². The third kappa shape index (κ3) is 4.02. The molecule has 19 heavy (non-hydrogen) atoms. The molecule has 0 aliphatic heterocycles. The maximum Gasteiger partial charge on any atom is 0.0312 e. The number of likely N-dealkylation sites (N-methyl/N-ethyl adjacent to an activating group) is 1. The first-order valence-corrected chi connectivity index (χ1v) is 7.50. The molecule has 1 aliphatic carbocycles. The highest BCUT2D eigenvalue weighted by atomic mass is 15.1. The van der Waals surface area contributed by atoms with Gasteiger partial charge in [-0.15, -0.1) is 0 Å². The first-order chi connectivity index (χ1) is 9.20. The van der Waals surface area contributed by atoms with E-state index in [0.29, 0.717) is 6.04 Å². The van der Waals surface area contributed by atoms with Crippen molar-refractivity contribution in [3.8, 4) is 0 Å². The van der Waals surface area contributed by atoms with Gasteiger partial charge in [-0.25, -0.2) is 0 Å². The Balaban J connectivity index is 1.96. The van der Waals surface area contributed by atoms with Crippen molar-refractivity contribution in [2.45, 2.75) is 45.2 Å². The predicted octanol–water partition coefficient (Wildman–Crippen LogP) is 2.67. The second kappa shape index (κ2) is 7.01. The average Bonchev–Trinajstić information content (AvgIpc) is 2.41. The molecule has 1 saturated carbocycles. The second-order valence-electron chi connectivity index (χ2n) is 6.11. The summed E-state index contributed by atoms with van der Waals surface area (Å²) in [5, 5.41) is 0. The molecule has 3 unspecified atom stereocenters. The summed E-state index contributed by atoms with van der Waals surface area (Å²) < 4.78 is 0. The fourth-order valence-corrected chi connectivity index (χ4v) is 3.46. The average molecular weight is 261 g/mol. The molecule has 0 radical (unpaired) electrons. The zero-order chi connectivity index (χ0) is 13.7. The van der Waals surface area contributed by atoms with Crippen LogP contribution in [0.1, 0.15) is 38.2 Å². The molecule has 3 heteroatoms. The highest BCUT2D eigenvalue weighted by Gasteiger charge is 2.28. The van der Waals surface area contributed by atoms with Crippen molar-refractivity contribution in [2.24, 2.45) is 17.6 Å². The van der Waals surface area contributed by atoms with E-state index in [1.807, 2.05) is 18.5 Å². The van der Waals surface area contributed by atoms with Crippen LogP contribution in [0.2, 0.25) is 0 Å². The molecule has 0 aromatic carbocycles. The fraction of sp³-hybridized carbons (Fsp3) is 0.688. The van der Waals surface area contributed by atoms with E-state index >= 15 is 0 Å². The summed E-state index contributed by atoms with van der Waals surface area (Å²) >= 11 is 0. The van der Waals surface area contributed by atoms with E-state index in [4.69, 9.17) is 5.73 Å². The van der Waals surface area contributed by atoms with E-state index in [2.05, 4.69) is 29.9 Å². The Hall–Kier alpha value is -0.930. The van der Waals surface area contributed by atoms with Crippen LogP contribution in [-0.2, 0) is 6.54 Å². The van der Waals surface area contributed by atoms with Gasteiger partial charge in [-0.3, -0.25) is 9.88 Å². The predicted molar refractivity (Wildman–Crippen MR) is 79.7 cm³/mol. The lowest BCUT2D eigenvalue weighted by molar-refractivity contribution is 0.125. The van der Waals surface area contributed by atoms with Crippen LogP contribution < -0.4 is 5.73 Å². The molecular formula is C16H27N3. The quantitative estimate of drug-likeness (QED) is 0.886. The summed E-state index contributed by atoms with van der Waals surface area (Å²) in [6.07, 6.45) is 9.20. The summed E-state index contributed by atoms with van der Waals surface area (Å²) in [5.74, 6) is 1.62. The van der Waals surface area contributed by atoms with Gasteiger partial charge < -0.3 is 5.73 Å². The minimum atomic E-state index is 0.503. The van der Waals surface area contributed by atoms with E-state index in [-0.39, 0.29) is 0 Å². The van der Waals surface area contributed by atoms with Gasteiger partial charge in [0.25, 0.3) is 0 Å². The lowest BCUT2D eigenvalue weighted by Crippen LogP contribution is -2.44. The maximum atomic E-state index is 6.05. The van der Waals surface area contributed by atoms with Gasteiger partial charge in [0, 0.05) is 31.5 Å². The molecule has 0 saturated heterocycles. The Morgan fingerprint density at radius 2 is 2.32 bits per heavy atom. The topological polar surface area (TPSA) is 42.1 Å². The summed E-state index contributed by atoms with van der Waals surface area (Å²) in [6.45, 7) is 4.08. The van der Waals surface area contributed by atoms with Gasteiger partial charge in [0.15, 0.2) is 0 Å². The first-order valence-electron chi connectivity index (χ1n) is 7.50. The molecular weight excluding hydrogens is 234 g/mol. The molecule has 0 amide bonds. The molecule has 1 heterocycles. The molecule has 1 aromatic rings. The normalized spacial score (nSPS) is 25.5. The Kier molecular flexibility index (Phi) is 5.34. The molecule has 1 fully saturated rings. The van der Waals surface area contributed by atoms with Crippen LogP contribution in [0.4, 0.5) is 0 Å². The highest BCUT2D eigenvalue weighted by Crippen LogP contribution is 2.32. The van der Waals surface area contributed by atoms with Crippen molar-refractivity contribution in [3.63, 3.8) is 0 Å². The van der Waals surface area contributed by atoms with E-state index in [1.54, 1.807) is 0 Å². The zero-order valence-electron chi connectivity index (χ0n) is 12.3. The Labute approximate surface area is 117 Å². The fourth-order valence-electron chi connectivity index (χ4n) is 3.46. The monoisotopic (exact) mass is 261 g/mol. The van der Waals surface area contributed by atoms with Crippen molar-refractivity contribution < 1.29 is 0 Å². The Bertz CT molecular complexity index is 366. The number of rotatable bonds is 5. The Morgan fingerprint density at radius 1 is 1.47 bits per heavy atom. The lowest BCUT2D eigenvalue weighted by atomic mass is 9.78.